The van der Waals surface area contributed by atoms with Crippen LogP contribution in [0.5, 0.6) is 5.75 Å². The molecule has 0 heterocycles. The van der Waals surface area contributed by atoms with Gasteiger partial charge in [0.15, 0.2) is 5.78 Å². The Hall–Kier alpha value is -2.07. The SMILES string of the molecule is COc1cc(C(=O)C=Cc2ccccc2F)ccc1SC. The highest BCUT2D eigenvalue weighted by Gasteiger charge is 2.08. The molecule has 0 spiro atoms. The first kappa shape index (κ1) is 15.3. The van der Waals surface area contributed by atoms with Crippen molar-refractivity contribution >= 4 is 23.6 Å². The molecule has 0 N–H and O–H groups in total. The molecule has 2 aromatic rings. The molecule has 2 nitrogen and oxygen atoms in total. The summed E-state index contributed by atoms with van der Waals surface area (Å²) < 4.78 is 18.7. The predicted octanol–water partition coefficient (Wildman–Crippen LogP) is 4.45. The summed E-state index contributed by atoms with van der Waals surface area (Å²) in [5, 5.41) is 0. The molecule has 0 saturated carbocycles. The minimum absolute atomic E-state index is 0.191. The quantitative estimate of drug-likeness (QED) is 0.463. The fourth-order valence-electron chi connectivity index (χ4n) is 1.86. The van der Waals surface area contributed by atoms with Gasteiger partial charge in [-0.05, 0) is 42.7 Å². The number of halogens is 1. The Morgan fingerprint density at radius 2 is 2.00 bits per heavy atom. The minimum Gasteiger partial charge on any atom is -0.496 e. The van der Waals surface area contributed by atoms with Gasteiger partial charge < -0.3 is 4.74 Å². The van der Waals surface area contributed by atoms with Crippen molar-refractivity contribution in [3.8, 4) is 5.75 Å². The highest BCUT2D eigenvalue weighted by Crippen LogP contribution is 2.28. The Morgan fingerprint density at radius 1 is 1.24 bits per heavy atom. The number of benzene rings is 2. The number of rotatable bonds is 5. The van der Waals surface area contributed by atoms with Crippen LogP contribution in [0.15, 0.2) is 53.4 Å². The number of ketones is 1. The van der Waals surface area contributed by atoms with E-state index in [0.29, 0.717) is 16.9 Å². The molecule has 0 fully saturated rings. The van der Waals surface area contributed by atoms with Gasteiger partial charge >= 0.3 is 0 Å². The molecule has 0 aliphatic carbocycles. The zero-order valence-electron chi connectivity index (χ0n) is 11.8. The van der Waals surface area contributed by atoms with Gasteiger partial charge in [-0.2, -0.15) is 0 Å². The number of methoxy groups -OCH3 is 1. The molecular weight excluding hydrogens is 287 g/mol. The Balaban J connectivity index is 2.23. The van der Waals surface area contributed by atoms with E-state index in [2.05, 4.69) is 0 Å². The van der Waals surface area contributed by atoms with Gasteiger partial charge in [0, 0.05) is 16.0 Å². The van der Waals surface area contributed by atoms with E-state index in [0.717, 1.165) is 4.90 Å². The van der Waals surface area contributed by atoms with Crippen LogP contribution in [0.4, 0.5) is 4.39 Å². The van der Waals surface area contributed by atoms with Crippen molar-refractivity contribution in [3.05, 3.63) is 65.5 Å². The molecule has 0 aromatic heterocycles. The van der Waals surface area contributed by atoms with Crippen LogP contribution in [-0.4, -0.2) is 19.1 Å². The molecule has 2 aromatic carbocycles. The molecule has 0 saturated heterocycles. The summed E-state index contributed by atoms with van der Waals surface area (Å²) >= 11 is 1.55. The number of thioether (sulfide) groups is 1. The van der Waals surface area contributed by atoms with Crippen LogP contribution in [0.2, 0.25) is 0 Å². The van der Waals surface area contributed by atoms with Gasteiger partial charge in [-0.3, -0.25) is 4.79 Å². The van der Waals surface area contributed by atoms with Gasteiger partial charge in [-0.15, -0.1) is 11.8 Å². The normalized spacial score (nSPS) is 10.8. The maximum Gasteiger partial charge on any atom is 0.185 e. The molecule has 0 unspecified atom stereocenters. The van der Waals surface area contributed by atoms with Crippen LogP contribution >= 0.6 is 11.8 Å². The van der Waals surface area contributed by atoms with Crippen molar-refractivity contribution in [2.24, 2.45) is 0 Å². The van der Waals surface area contributed by atoms with Crippen molar-refractivity contribution in [1.82, 2.24) is 0 Å². The zero-order valence-corrected chi connectivity index (χ0v) is 12.6. The first-order chi connectivity index (χ1) is 10.2. The maximum absolute atomic E-state index is 13.5. The van der Waals surface area contributed by atoms with E-state index >= 15 is 0 Å². The summed E-state index contributed by atoms with van der Waals surface area (Å²) in [5.74, 6) is 0.119. The topological polar surface area (TPSA) is 26.3 Å². The number of hydrogen-bond acceptors (Lipinski definition) is 3. The highest BCUT2D eigenvalue weighted by atomic mass is 32.2. The summed E-state index contributed by atoms with van der Waals surface area (Å²) in [6.07, 6.45) is 4.79. The van der Waals surface area contributed by atoms with Crippen LogP contribution in [0.3, 0.4) is 0 Å². The standard InChI is InChI=1S/C17H15FO2S/c1-20-16-11-13(8-10-17(16)21-2)15(19)9-7-12-5-3-4-6-14(12)18/h3-11H,1-2H3. The lowest BCUT2D eigenvalue weighted by atomic mass is 10.1. The minimum atomic E-state index is -0.350. The van der Waals surface area contributed by atoms with E-state index < -0.39 is 0 Å². The van der Waals surface area contributed by atoms with Gasteiger partial charge in [0.1, 0.15) is 11.6 Å². The molecule has 0 atom stereocenters. The lowest BCUT2D eigenvalue weighted by Crippen LogP contribution is -1.96. The lowest BCUT2D eigenvalue weighted by Gasteiger charge is -2.07. The largest absolute Gasteiger partial charge is 0.496 e. The smallest absolute Gasteiger partial charge is 0.185 e. The fraction of sp³-hybridized carbons (Fsp3) is 0.118. The molecule has 21 heavy (non-hydrogen) atoms. The van der Waals surface area contributed by atoms with Gasteiger partial charge in [0.25, 0.3) is 0 Å². The van der Waals surface area contributed by atoms with Crippen molar-refractivity contribution in [1.29, 1.82) is 0 Å². The predicted molar refractivity (Wildman–Crippen MR) is 84.5 cm³/mol. The van der Waals surface area contributed by atoms with E-state index in [1.54, 1.807) is 49.2 Å². The first-order valence-electron chi connectivity index (χ1n) is 6.34. The number of carbonyl (C=O) groups is 1. The molecular formula is C17H15FO2S. The Morgan fingerprint density at radius 3 is 2.67 bits per heavy atom. The molecule has 0 aliphatic rings. The second-order valence-corrected chi connectivity index (χ2v) is 5.14. The third-order valence-corrected chi connectivity index (χ3v) is 3.76. The van der Waals surface area contributed by atoms with Crippen LogP contribution < -0.4 is 4.74 Å². The third-order valence-electron chi connectivity index (χ3n) is 2.99. The summed E-state index contributed by atoms with van der Waals surface area (Å²) in [6.45, 7) is 0. The summed E-state index contributed by atoms with van der Waals surface area (Å²) in [7, 11) is 1.57. The van der Waals surface area contributed by atoms with Gasteiger partial charge in [-0.25, -0.2) is 4.39 Å². The molecule has 2 rings (SSSR count). The van der Waals surface area contributed by atoms with Crippen LogP contribution in [0.1, 0.15) is 15.9 Å². The van der Waals surface area contributed by atoms with E-state index in [1.165, 1.54) is 18.2 Å². The Kier molecular flexibility index (Phi) is 5.17. The van der Waals surface area contributed by atoms with Crippen LogP contribution in [0.25, 0.3) is 6.08 Å². The van der Waals surface area contributed by atoms with Gasteiger partial charge in [-0.1, -0.05) is 18.2 Å². The Bertz CT molecular complexity index is 680. The zero-order chi connectivity index (χ0) is 15.2. The summed E-state index contributed by atoms with van der Waals surface area (Å²) in [5.41, 5.74) is 0.899. The van der Waals surface area contributed by atoms with Crippen molar-refractivity contribution < 1.29 is 13.9 Å². The Labute approximate surface area is 127 Å². The van der Waals surface area contributed by atoms with E-state index in [1.807, 2.05) is 12.3 Å². The monoisotopic (exact) mass is 302 g/mol. The molecule has 0 aliphatic heterocycles. The molecule has 108 valence electrons. The van der Waals surface area contributed by atoms with E-state index in [4.69, 9.17) is 4.74 Å². The summed E-state index contributed by atoms with van der Waals surface area (Å²) in [4.78, 5) is 13.1. The van der Waals surface area contributed by atoms with Crippen LogP contribution in [0, 0.1) is 5.82 Å². The van der Waals surface area contributed by atoms with Gasteiger partial charge in [0.2, 0.25) is 0 Å². The molecule has 0 bridgehead atoms. The number of hydrogen-bond donors (Lipinski definition) is 0. The molecule has 0 radical (unpaired) electrons. The molecule has 4 heteroatoms. The number of carbonyl (C=O) groups excluding carboxylic acids is 1. The second-order valence-electron chi connectivity index (χ2n) is 4.29. The summed E-state index contributed by atoms with van der Waals surface area (Å²) in [6, 6.07) is 11.6. The second kappa shape index (κ2) is 7.09. The molecule has 0 amide bonds. The lowest BCUT2D eigenvalue weighted by molar-refractivity contribution is 0.104. The third kappa shape index (κ3) is 3.73. The number of ether oxygens (including phenoxy) is 1. The maximum atomic E-state index is 13.5. The number of allylic oxidation sites excluding steroid dienone is 1. The van der Waals surface area contributed by atoms with E-state index in [9.17, 15) is 9.18 Å². The highest BCUT2D eigenvalue weighted by molar-refractivity contribution is 7.98. The van der Waals surface area contributed by atoms with Gasteiger partial charge in [0.05, 0.1) is 7.11 Å². The van der Waals surface area contributed by atoms with E-state index in [-0.39, 0.29) is 11.6 Å². The van der Waals surface area contributed by atoms with Crippen molar-refractivity contribution in [2.75, 3.05) is 13.4 Å². The first-order valence-corrected chi connectivity index (χ1v) is 7.57. The fourth-order valence-corrected chi connectivity index (χ4v) is 2.41. The van der Waals surface area contributed by atoms with Crippen LogP contribution in [-0.2, 0) is 0 Å². The average Bonchev–Trinajstić information content (AvgIpc) is 2.53. The van der Waals surface area contributed by atoms with Crippen molar-refractivity contribution in [2.45, 2.75) is 4.90 Å². The van der Waals surface area contributed by atoms with Crippen molar-refractivity contribution in [3.63, 3.8) is 0 Å². The average molecular weight is 302 g/mol.